The molecule has 2 aromatic heterocycles. The highest BCUT2D eigenvalue weighted by molar-refractivity contribution is 5.97. The van der Waals surface area contributed by atoms with E-state index >= 15 is 0 Å². The van der Waals surface area contributed by atoms with Crippen molar-refractivity contribution >= 4 is 33.8 Å². The minimum atomic E-state index is -1.10. The van der Waals surface area contributed by atoms with Crippen LogP contribution in [-0.4, -0.2) is 23.0 Å². The molecule has 7 nitrogen and oxygen atoms in total. The van der Waals surface area contributed by atoms with Gasteiger partial charge in [0.2, 0.25) is 5.91 Å². The largest absolute Gasteiger partial charge is 0.480 e. The second-order valence-corrected chi connectivity index (χ2v) is 7.59. The fraction of sp³-hybridized carbons (Fsp3) is 0.409. The van der Waals surface area contributed by atoms with E-state index in [0.29, 0.717) is 16.7 Å². The molecule has 2 heterocycles. The Labute approximate surface area is 166 Å². The highest BCUT2D eigenvalue weighted by atomic mass is 16.4. The maximum atomic E-state index is 12.5. The van der Waals surface area contributed by atoms with Crippen molar-refractivity contribution in [1.82, 2.24) is 5.32 Å². The Kier molecular flexibility index (Phi) is 4.90. The summed E-state index contributed by atoms with van der Waals surface area (Å²) in [6, 6.07) is 2.75. The number of carboxylic acid groups (broad SMARTS) is 1. The zero-order chi connectivity index (χ0) is 20.7. The molecule has 1 aliphatic rings. The number of hydrogen-bond acceptors (Lipinski definition) is 5. The molecule has 7 heteroatoms. The summed E-state index contributed by atoms with van der Waals surface area (Å²) >= 11 is 0. The van der Waals surface area contributed by atoms with E-state index in [4.69, 9.17) is 13.9 Å². The third-order valence-electron chi connectivity index (χ3n) is 5.74. The predicted octanol–water partition coefficient (Wildman–Crippen LogP) is 3.25. The summed E-state index contributed by atoms with van der Waals surface area (Å²) in [4.78, 5) is 36.0. The molecular formula is C22H23NO6. The van der Waals surface area contributed by atoms with Crippen LogP contribution in [0.3, 0.4) is 0 Å². The van der Waals surface area contributed by atoms with Gasteiger partial charge in [0.1, 0.15) is 23.0 Å². The molecule has 0 saturated carbocycles. The van der Waals surface area contributed by atoms with Crippen LogP contribution in [0.25, 0.3) is 21.9 Å². The van der Waals surface area contributed by atoms with Crippen LogP contribution in [0.1, 0.15) is 48.6 Å². The zero-order valence-electron chi connectivity index (χ0n) is 16.5. The van der Waals surface area contributed by atoms with Crippen LogP contribution in [0.4, 0.5) is 0 Å². The van der Waals surface area contributed by atoms with Gasteiger partial charge >= 0.3 is 11.6 Å². The van der Waals surface area contributed by atoms with Crippen LogP contribution >= 0.6 is 0 Å². The Morgan fingerprint density at radius 2 is 1.86 bits per heavy atom. The van der Waals surface area contributed by atoms with Gasteiger partial charge < -0.3 is 19.3 Å². The monoisotopic (exact) mass is 397 g/mol. The number of hydrogen-bond donors (Lipinski definition) is 2. The van der Waals surface area contributed by atoms with Crippen LogP contribution in [-0.2, 0) is 28.9 Å². The van der Waals surface area contributed by atoms with Crippen molar-refractivity contribution in [3.8, 4) is 0 Å². The number of amides is 1. The predicted molar refractivity (Wildman–Crippen MR) is 107 cm³/mol. The molecule has 29 heavy (non-hydrogen) atoms. The normalized spacial score (nSPS) is 14.7. The van der Waals surface area contributed by atoms with Crippen molar-refractivity contribution in [3.05, 3.63) is 45.0 Å². The molecule has 0 aliphatic heterocycles. The number of carbonyl (C=O) groups excluding carboxylic acids is 1. The summed E-state index contributed by atoms with van der Waals surface area (Å²) in [5, 5.41) is 13.3. The molecule has 3 aromatic rings. The molecule has 1 atom stereocenters. The minimum absolute atomic E-state index is 0.227. The van der Waals surface area contributed by atoms with E-state index in [2.05, 4.69) is 5.32 Å². The Balaban J connectivity index is 1.75. The number of rotatable bonds is 5. The SMILES string of the molecule is CCC(NC(=O)Cc1c(C)c2cc3c4c(oc3cc2oc1=O)CCCC4)C(=O)O. The lowest BCUT2D eigenvalue weighted by molar-refractivity contribution is -0.141. The first-order valence-corrected chi connectivity index (χ1v) is 9.91. The second kappa shape index (κ2) is 7.39. The number of benzene rings is 1. The lowest BCUT2D eigenvalue weighted by atomic mass is 9.94. The van der Waals surface area contributed by atoms with Gasteiger partial charge in [0.05, 0.1) is 12.0 Å². The average molecular weight is 397 g/mol. The first-order valence-electron chi connectivity index (χ1n) is 9.91. The number of fused-ring (bicyclic) bond motifs is 4. The van der Waals surface area contributed by atoms with Crippen molar-refractivity contribution in [2.75, 3.05) is 0 Å². The quantitative estimate of drug-likeness (QED) is 0.640. The van der Waals surface area contributed by atoms with Gasteiger partial charge in [-0.05, 0) is 44.2 Å². The van der Waals surface area contributed by atoms with E-state index in [0.717, 1.165) is 42.2 Å². The van der Waals surface area contributed by atoms with E-state index in [1.165, 1.54) is 5.56 Å². The fourth-order valence-corrected chi connectivity index (χ4v) is 4.09. The molecule has 1 amide bonds. The van der Waals surface area contributed by atoms with Gasteiger partial charge in [0, 0.05) is 28.8 Å². The molecule has 2 N–H and O–H groups in total. The molecule has 1 unspecified atom stereocenters. The molecule has 0 spiro atoms. The van der Waals surface area contributed by atoms with Gasteiger partial charge in [-0.15, -0.1) is 0 Å². The number of carboxylic acids is 1. The van der Waals surface area contributed by atoms with Gasteiger partial charge in [-0.2, -0.15) is 0 Å². The number of nitrogens with one attached hydrogen (secondary N) is 1. The van der Waals surface area contributed by atoms with E-state index in [1.54, 1.807) is 19.9 Å². The van der Waals surface area contributed by atoms with Gasteiger partial charge in [-0.1, -0.05) is 6.92 Å². The number of aryl methyl sites for hydroxylation is 3. The summed E-state index contributed by atoms with van der Waals surface area (Å²) in [7, 11) is 0. The maximum absolute atomic E-state index is 12.5. The molecule has 0 fully saturated rings. The molecule has 0 saturated heterocycles. The summed E-state index contributed by atoms with van der Waals surface area (Å²) in [5.74, 6) is -0.619. The van der Waals surface area contributed by atoms with E-state index in [-0.39, 0.29) is 18.4 Å². The van der Waals surface area contributed by atoms with E-state index in [1.807, 2.05) is 6.07 Å². The highest BCUT2D eigenvalue weighted by Gasteiger charge is 2.22. The summed E-state index contributed by atoms with van der Waals surface area (Å²) in [6.07, 6.45) is 4.14. The first-order chi connectivity index (χ1) is 13.9. The van der Waals surface area contributed by atoms with Crippen molar-refractivity contribution in [2.24, 2.45) is 0 Å². The van der Waals surface area contributed by atoms with Crippen molar-refractivity contribution in [1.29, 1.82) is 0 Å². The standard InChI is InChI=1S/C22H23NO6/c1-3-16(21(25)26)23-20(24)9-14-11(2)13-8-15-12-6-4-5-7-17(12)28-19(15)10-18(13)29-22(14)27/h8,10,16H,3-7,9H2,1-2H3,(H,23,24)(H,25,26). The highest BCUT2D eigenvalue weighted by Crippen LogP contribution is 2.35. The lowest BCUT2D eigenvalue weighted by Gasteiger charge is -2.13. The Bertz CT molecular complexity index is 1190. The lowest BCUT2D eigenvalue weighted by Crippen LogP contribution is -2.41. The molecular weight excluding hydrogens is 374 g/mol. The first kappa shape index (κ1) is 19.2. The molecule has 0 radical (unpaired) electrons. The molecule has 4 rings (SSSR count). The number of carbonyl (C=O) groups is 2. The van der Waals surface area contributed by atoms with Crippen LogP contribution in [0.15, 0.2) is 25.8 Å². The summed E-state index contributed by atoms with van der Waals surface area (Å²) in [5.41, 5.74) is 2.67. The van der Waals surface area contributed by atoms with Crippen LogP contribution in [0.5, 0.6) is 0 Å². The summed E-state index contributed by atoms with van der Waals surface area (Å²) < 4.78 is 11.5. The van der Waals surface area contributed by atoms with Gasteiger partial charge in [-0.3, -0.25) is 4.79 Å². The molecule has 152 valence electrons. The Morgan fingerprint density at radius 3 is 2.59 bits per heavy atom. The topological polar surface area (TPSA) is 110 Å². The Hall–Kier alpha value is -3.09. The third-order valence-corrected chi connectivity index (χ3v) is 5.74. The van der Waals surface area contributed by atoms with Crippen molar-refractivity contribution < 1.29 is 23.5 Å². The second-order valence-electron chi connectivity index (χ2n) is 7.59. The van der Waals surface area contributed by atoms with E-state index in [9.17, 15) is 14.4 Å². The molecule has 1 aliphatic carbocycles. The average Bonchev–Trinajstić information content (AvgIpc) is 3.05. The summed E-state index contributed by atoms with van der Waals surface area (Å²) in [6.45, 7) is 3.46. The smallest absolute Gasteiger partial charge is 0.340 e. The van der Waals surface area contributed by atoms with E-state index < -0.39 is 23.5 Å². The Morgan fingerprint density at radius 1 is 1.14 bits per heavy atom. The number of furan rings is 1. The van der Waals surface area contributed by atoms with Gasteiger partial charge in [0.15, 0.2) is 0 Å². The third kappa shape index (κ3) is 3.41. The van der Waals surface area contributed by atoms with Crippen LogP contribution in [0, 0.1) is 6.92 Å². The van der Waals surface area contributed by atoms with Gasteiger partial charge in [-0.25, -0.2) is 9.59 Å². The van der Waals surface area contributed by atoms with Crippen molar-refractivity contribution in [3.63, 3.8) is 0 Å². The van der Waals surface area contributed by atoms with Crippen LogP contribution < -0.4 is 10.9 Å². The number of aliphatic carboxylic acids is 1. The fourth-order valence-electron chi connectivity index (χ4n) is 4.09. The van der Waals surface area contributed by atoms with Crippen molar-refractivity contribution in [2.45, 2.75) is 58.4 Å². The maximum Gasteiger partial charge on any atom is 0.340 e. The molecule has 0 bridgehead atoms. The zero-order valence-corrected chi connectivity index (χ0v) is 16.5. The van der Waals surface area contributed by atoms with Gasteiger partial charge in [0.25, 0.3) is 0 Å². The molecule has 1 aromatic carbocycles. The minimum Gasteiger partial charge on any atom is -0.480 e. The van der Waals surface area contributed by atoms with Crippen LogP contribution in [0.2, 0.25) is 0 Å².